The average Bonchev–Trinajstić information content (AvgIpc) is 2.40. The molecule has 1 unspecified atom stereocenters. The molecule has 1 atom stereocenters. The number of halogens is 1. The first-order valence-electron chi connectivity index (χ1n) is 6.83. The number of rotatable bonds is 5. The summed E-state index contributed by atoms with van der Waals surface area (Å²) < 4.78 is 13.3. The van der Waals surface area contributed by atoms with E-state index in [-0.39, 0.29) is 6.61 Å². The molecule has 0 aliphatic rings. The maximum Gasteiger partial charge on any atom is 0.120 e. The van der Waals surface area contributed by atoms with Crippen LogP contribution in [0.4, 0.5) is 4.39 Å². The molecule has 0 fully saturated rings. The number of hydrogen-bond donors (Lipinski definition) is 1. The van der Waals surface area contributed by atoms with Crippen LogP contribution >= 0.6 is 0 Å². The summed E-state index contributed by atoms with van der Waals surface area (Å²) in [7, 11) is 1.92. The molecule has 1 aromatic carbocycles. The van der Waals surface area contributed by atoms with Crippen molar-refractivity contribution < 1.29 is 9.50 Å². The molecule has 0 amide bonds. The lowest BCUT2D eigenvalue weighted by atomic mass is 10.0. The summed E-state index contributed by atoms with van der Waals surface area (Å²) in [6.07, 6.45) is 2.88. The first kappa shape index (κ1) is 16.4. The monoisotopic (exact) mass is 277 g/mol. The number of aryl methyl sites for hydroxylation is 1. The zero-order valence-corrected chi connectivity index (χ0v) is 12.9. The van der Waals surface area contributed by atoms with E-state index in [2.05, 4.69) is 0 Å². The molecule has 0 aliphatic carbocycles. The van der Waals surface area contributed by atoms with Gasteiger partial charge >= 0.3 is 0 Å². The number of benzene rings is 1. The Balaban J connectivity index is 3.12. The van der Waals surface area contributed by atoms with Gasteiger partial charge in [-0.05, 0) is 44.4 Å². The first-order chi connectivity index (χ1) is 9.40. The second kappa shape index (κ2) is 7.25. The molecule has 110 valence electrons. The lowest BCUT2D eigenvalue weighted by Crippen LogP contribution is -2.12. The average molecular weight is 277 g/mol. The van der Waals surface area contributed by atoms with Crippen molar-refractivity contribution in [2.24, 2.45) is 0 Å². The topological polar surface area (TPSA) is 23.5 Å². The summed E-state index contributed by atoms with van der Waals surface area (Å²) in [5, 5.41) is 9.16. The van der Waals surface area contributed by atoms with Crippen LogP contribution in [0.15, 0.2) is 36.0 Å². The van der Waals surface area contributed by atoms with Crippen LogP contribution in [-0.2, 0) is 6.61 Å². The van der Waals surface area contributed by atoms with Gasteiger partial charge in [-0.25, -0.2) is 4.39 Å². The molecule has 2 nitrogen and oxygen atoms in total. The molecule has 0 radical (unpaired) electrons. The molecule has 0 aliphatic heterocycles. The van der Waals surface area contributed by atoms with Gasteiger partial charge < -0.3 is 10.0 Å². The normalized spacial score (nSPS) is 14.3. The molecule has 3 heteroatoms. The molecule has 0 saturated carbocycles. The minimum atomic E-state index is -0.951. The number of hydrogen-bond acceptors (Lipinski definition) is 2. The Morgan fingerprint density at radius 2 is 2.10 bits per heavy atom. The second-order valence-corrected chi connectivity index (χ2v) is 5.08. The highest BCUT2D eigenvalue weighted by atomic mass is 19.1. The number of allylic oxidation sites excluding steroid dienone is 2. The van der Waals surface area contributed by atoms with Crippen molar-refractivity contribution >= 4 is 5.70 Å². The summed E-state index contributed by atoms with van der Waals surface area (Å²) >= 11 is 0. The fourth-order valence-corrected chi connectivity index (χ4v) is 2.14. The molecule has 0 aromatic heterocycles. The first-order valence-corrected chi connectivity index (χ1v) is 6.83. The zero-order chi connectivity index (χ0) is 15.3. The highest BCUT2D eigenvalue weighted by Gasteiger charge is 2.10. The predicted octanol–water partition coefficient (Wildman–Crippen LogP) is 4.04. The summed E-state index contributed by atoms with van der Waals surface area (Å²) in [5.41, 5.74) is 4.79. The highest BCUT2D eigenvalue weighted by Crippen LogP contribution is 2.24. The van der Waals surface area contributed by atoms with Gasteiger partial charge in [-0.1, -0.05) is 24.3 Å². The molecule has 1 N–H and O–H groups in total. The van der Waals surface area contributed by atoms with Crippen LogP contribution in [0.2, 0.25) is 0 Å². The van der Waals surface area contributed by atoms with Crippen molar-refractivity contribution in [3.63, 3.8) is 0 Å². The van der Waals surface area contributed by atoms with E-state index in [1.54, 1.807) is 6.92 Å². The molecule has 1 aromatic rings. The van der Waals surface area contributed by atoms with E-state index in [4.69, 9.17) is 5.11 Å². The molecule has 20 heavy (non-hydrogen) atoms. The Morgan fingerprint density at radius 1 is 1.45 bits per heavy atom. The van der Waals surface area contributed by atoms with Crippen LogP contribution in [0.25, 0.3) is 5.70 Å². The lowest BCUT2D eigenvalue weighted by Gasteiger charge is -2.22. The van der Waals surface area contributed by atoms with Crippen LogP contribution in [-0.4, -0.2) is 23.2 Å². The number of nitrogens with zero attached hydrogens (tertiary/aromatic N) is 1. The number of aliphatic hydroxyl groups excluding tert-OH is 1. The zero-order valence-electron chi connectivity index (χ0n) is 12.9. The van der Waals surface area contributed by atoms with Gasteiger partial charge in [-0.15, -0.1) is 0 Å². The molecule has 0 spiro atoms. The third-order valence-corrected chi connectivity index (χ3v) is 3.43. The summed E-state index contributed by atoms with van der Waals surface area (Å²) in [6, 6.07) is 5.88. The van der Waals surface area contributed by atoms with Gasteiger partial charge in [0.25, 0.3) is 0 Å². The van der Waals surface area contributed by atoms with E-state index in [0.717, 1.165) is 22.4 Å². The Hall–Kier alpha value is -1.61. The largest absolute Gasteiger partial charge is 0.392 e. The maximum atomic E-state index is 13.3. The Kier molecular flexibility index (Phi) is 5.96. The molecular weight excluding hydrogens is 253 g/mol. The number of aliphatic hydroxyl groups is 1. The quantitative estimate of drug-likeness (QED) is 0.878. The molecule has 0 bridgehead atoms. The van der Waals surface area contributed by atoms with Crippen LogP contribution in [0.5, 0.6) is 0 Å². The van der Waals surface area contributed by atoms with E-state index in [9.17, 15) is 4.39 Å². The van der Waals surface area contributed by atoms with Crippen LogP contribution in [0.3, 0.4) is 0 Å². The Bertz CT molecular complexity index is 518. The SMILES string of the molecule is C/C=C(/c1ccc(CO)cc1C)N(C)/C=C(\C)C(C)F. The van der Waals surface area contributed by atoms with Crippen LogP contribution < -0.4 is 0 Å². The minimum absolute atomic E-state index is 0.0422. The predicted molar refractivity (Wildman–Crippen MR) is 82.8 cm³/mol. The van der Waals surface area contributed by atoms with Crippen molar-refractivity contribution in [1.29, 1.82) is 0 Å². The minimum Gasteiger partial charge on any atom is -0.392 e. The molecular formula is C17H24FNO. The Labute approximate surface area is 121 Å². The van der Waals surface area contributed by atoms with Gasteiger partial charge in [0.05, 0.1) is 6.61 Å². The lowest BCUT2D eigenvalue weighted by molar-refractivity contribution is 0.282. The summed E-state index contributed by atoms with van der Waals surface area (Å²) in [6.45, 7) is 7.35. The van der Waals surface area contributed by atoms with E-state index in [1.165, 1.54) is 6.92 Å². The van der Waals surface area contributed by atoms with Gasteiger partial charge in [-0.3, -0.25) is 0 Å². The maximum absolute atomic E-state index is 13.3. The van der Waals surface area contributed by atoms with E-state index in [1.807, 2.05) is 56.3 Å². The van der Waals surface area contributed by atoms with Crippen molar-refractivity contribution in [3.8, 4) is 0 Å². The third kappa shape index (κ3) is 3.94. The second-order valence-electron chi connectivity index (χ2n) is 5.08. The standard InChI is InChI=1S/C17H24FNO/c1-6-17(19(5)10-13(3)14(4)18)16-8-7-15(11-20)9-12(16)2/h6-10,14,20H,11H2,1-5H3/b13-10+,17-6-. The van der Waals surface area contributed by atoms with Crippen molar-refractivity contribution in [2.45, 2.75) is 40.5 Å². The summed E-state index contributed by atoms with van der Waals surface area (Å²) in [5.74, 6) is 0. The van der Waals surface area contributed by atoms with Gasteiger partial charge in [0, 0.05) is 24.5 Å². The van der Waals surface area contributed by atoms with Gasteiger partial charge in [0.1, 0.15) is 6.17 Å². The van der Waals surface area contributed by atoms with Gasteiger partial charge in [0.2, 0.25) is 0 Å². The summed E-state index contributed by atoms with van der Waals surface area (Å²) in [4.78, 5) is 1.94. The number of alkyl halides is 1. The van der Waals surface area contributed by atoms with Crippen molar-refractivity contribution in [3.05, 3.63) is 52.7 Å². The van der Waals surface area contributed by atoms with Crippen LogP contribution in [0, 0.1) is 6.92 Å². The fourth-order valence-electron chi connectivity index (χ4n) is 2.14. The fraction of sp³-hybridized carbons (Fsp3) is 0.412. The van der Waals surface area contributed by atoms with E-state index < -0.39 is 6.17 Å². The Morgan fingerprint density at radius 3 is 2.55 bits per heavy atom. The van der Waals surface area contributed by atoms with Crippen molar-refractivity contribution in [2.75, 3.05) is 7.05 Å². The van der Waals surface area contributed by atoms with Gasteiger partial charge in [0.15, 0.2) is 0 Å². The smallest absolute Gasteiger partial charge is 0.120 e. The molecule has 0 heterocycles. The van der Waals surface area contributed by atoms with Gasteiger partial charge in [-0.2, -0.15) is 0 Å². The van der Waals surface area contributed by atoms with Crippen molar-refractivity contribution in [1.82, 2.24) is 4.90 Å². The highest BCUT2D eigenvalue weighted by molar-refractivity contribution is 5.67. The molecule has 0 saturated heterocycles. The third-order valence-electron chi connectivity index (χ3n) is 3.43. The van der Waals surface area contributed by atoms with E-state index in [0.29, 0.717) is 5.57 Å². The van der Waals surface area contributed by atoms with Crippen LogP contribution in [0.1, 0.15) is 37.5 Å². The molecule has 1 rings (SSSR count). The van der Waals surface area contributed by atoms with E-state index >= 15 is 0 Å².